The van der Waals surface area contributed by atoms with Crippen LogP contribution in [0.4, 0.5) is 8.78 Å². The number of nitrogens with one attached hydrogen (secondary N) is 1. The molecule has 2 aliphatic rings. The molecule has 2 atom stereocenters. The van der Waals surface area contributed by atoms with Gasteiger partial charge in [-0.25, -0.2) is 8.78 Å². The fourth-order valence-electron chi connectivity index (χ4n) is 4.44. The highest BCUT2D eigenvalue weighted by Gasteiger charge is 2.39. The number of fused-ring (bicyclic) bond motifs is 2. The molecule has 226 valence electrons. The number of hydrogen-bond acceptors (Lipinski definition) is 6. The maximum absolute atomic E-state index is 13.7. The molecule has 8 nitrogen and oxygen atoms in total. The van der Waals surface area contributed by atoms with Crippen LogP contribution in [0.1, 0.15) is 93.6 Å². The fourth-order valence-corrected chi connectivity index (χ4v) is 4.44. The number of carbonyl (C=O) groups is 2. The molecule has 0 saturated heterocycles. The van der Waals surface area contributed by atoms with Gasteiger partial charge in [0.05, 0.1) is 13.2 Å². The number of benzene rings is 1. The summed E-state index contributed by atoms with van der Waals surface area (Å²) in [6.45, 7) is 12.8. The van der Waals surface area contributed by atoms with Crippen LogP contribution in [0.5, 0.6) is 5.75 Å². The van der Waals surface area contributed by atoms with Crippen molar-refractivity contribution >= 4 is 11.7 Å². The molecule has 1 saturated carbocycles. The topological polar surface area (TPSA) is 118 Å². The lowest BCUT2D eigenvalue weighted by Gasteiger charge is -2.36. The van der Waals surface area contributed by atoms with Gasteiger partial charge in [0, 0.05) is 43.9 Å². The highest BCUT2D eigenvalue weighted by Crippen LogP contribution is 2.38. The van der Waals surface area contributed by atoms with Crippen molar-refractivity contribution in [3.8, 4) is 5.75 Å². The second kappa shape index (κ2) is 19.9. The molecule has 4 rings (SSSR count). The normalized spacial score (nSPS) is 16.5. The number of halogens is 2. The SMILES string of the molecule is CC.CC.CC.COCCO.O=C(NCc1ccc(F)cc1F)c1cn2c(c(O)c1=O)C(=O)C1CCCCC1C2. The van der Waals surface area contributed by atoms with Crippen molar-refractivity contribution in [3.05, 3.63) is 63.1 Å². The number of hydrogen-bond donors (Lipinski definition) is 3. The lowest BCUT2D eigenvalue weighted by Crippen LogP contribution is -2.40. The van der Waals surface area contributed by atoms with Crippen LogP contribution in [0.3, 0.4) is 0 Å². The third-order valence-corrected chi connectivity index (χ3v) is 6.16. The molecule has 0 radical (unpaired) electrons. The molecular formula is C30H46F2N2O6. The molecule has 2 aromatic rings. The van der Waals surface area contributed by atoms with Crippen LogP contribution in [0.2, 0.25) is 0 Å². The Morgan fingerprint density at radius 3 is 2.25 bits per heavy atom. The Kier molecular flexibility index (Phi) is 18.3. The van der Waals surface area contributed by atoms with Crippen LogP contribution in [0.15, 0.2) is 29.2 Å². The number of aliphatic hydroxyl groups is 1. The average Bonchev–Trinajstić information content (AvgIpc) is 2.98. The lowest BCUT2D eigenvalue weighted by molar-refractivity contribution is 0.0737. The molecule has 1 amide bonds. The van der Waals surface area contributed by atoms with E-state index in [9.17, 15) is 28.3 Å². The van der Waals surface area contributed by atoms with E-state index in [1.54, 1.807) is 7.11 Å². The van der Waals surface area contributed by atoms with Gasteiger partial charge in [-0.05, 0) is 24.8 Å². The second-order valence-corrected chi connectivity index (χ2v) is 8.37. The minimum absolute atomic E-state index is 0.0423. The van der Waals surface area contributed by atoms with Crippen LogP contribution >= 0.6 is 0 Å². The number of rotatable bonds is 5. The van der Waals surface area contributed by atoms with Crippen LogP contribution < -0.4 is 10.7 Å². The zero-order chi connectivity index (χ0) is 30.8. The number of carbonyl (C=O) groups excluding carboxylic acids is 2. The van der Waals surface area contributed by atoms with Crippen molar-refractivity contribution in [2.24, 2.45) is 11.8 Å². The second-order valence-electron chi connectivity index (χ2n) is 8.37. The van der Waals surface area contributed by atoms with Crippen LogP contribution in [-0.4, -0.2) is 46.8 Å². The van der Waals surface area contributed by atoms with Crippen LogP contribution in [0, 0.1) is 23.5 Å². The van der Waals surface area contributed by atoms with Gasteiger partial charge >= 0.3 is 0 Å². The van der Waals surface area contributed by atoms with E-state index in [1.165, 1.54) is 16.8 Å². The zero-order valence-electron chi connectivity index (χ0n) is 24.9. The number of aromatic hydroxyl groups is 1. The van der Waals surface area contributed by atoms with Crippen molar-refractivity contribution in [1.29, 1.82) is 0 Å². The molecule has 3 N–H and O–H groups in total. The molecule has 1 aromatic heterocycles. The van der Waals surface area contributed by atoms with Gasteiger partial charge in [-0.15, -0.1) is 0 Å². The molecule has 0 spiro atoms. The summed E-state index contributed by atoms with van der Waals surface area (Å²) in [4.78, 5) is 37.8. The van der Waals surface area contributed by atoms with Crippen LogP contribution in [0.25, 0.3) is 0 Å². The molecule has 40 heavy (non-hydrogen) atoms. The first-order valence-corrected chi connectivity index (χ1v) is 14.1. The Morgan fingerprint density at radius 2 is 1.70 bits per heavy atom. The molecule has 2 unspecified atom stereocenters. The molecule has 1 aromatic carbocycles. The predicted molar refractivity (Wildman–Crippen MR) is 153 cm³/mol. The Bertz CT molecular complexity index is 1120. The van der Waals surface area contributed by atoms with Gasteiger partial charge in [0.25, 0.3) is 5.91 Å². The lowest BCUT2D eigenvalue weighted by atomic mass is 9.74. The molecule has 0 bridgehead atoms. The Hall–Kier alpha value is -3.11. The number of aliphatic hydroxyl groups excluding tert-OH is 1. The summed E-state index contributed by atoms with van der Waals surface area (Å²) in [5.41, 5.74) is -1.24. The van der Waals surface area contributed by atoms with E-state index >= 15 is 0 Å². The summed E-state index contributed by atoms with van der Waals surface area (Å²) in [5, 5.41) is 20.7. The van der Waals surface area contributed by atoms with E-state index in [1.807, 2.05) is 41.5 Å². The summed E-state index contributed by atoms with van der Waals surface area (Å²) in [5.74, 6) is -3.41. The molecule has 1 aliphatic carbocycles. The van der Waals surface area contributed by atoms with Crippen molar-refractivity contribution in [2.45, 2.75) is 80.3 Å². The maximum atomic E-state index is 13.7. The fraction of sp³-hybridized carbons (Fsp3) is 0.567. The number of ketones is 1. The summed E-state index contributed by atoms with van der Waals surface area (Å²) < 4.78 is 32.7. The van der Waals surface area contributed by atoms with E-state index in [2.05, 4.69) is 10.1 Å². The van der Waals surface area contributed by atoms with E-state index in [0.29, 0.717) is 19.2 Å². The molecule has 1 aliphatic heterocycles. The summed E-state index contributed by atoms with van der Waals surface area (Å²) in [6, 6.07) is 2.97. The van der Waals surface area contributed by atoms with Crippen molar-refractivity contribution in [2.75, 3.05) is 20.3 Å². The van der Waals surface area contributed by atoms with Crippen molar-refractivity contribution in [1.82, 2.24) is 9.88 Å². The number of nitrogens with zero attached hydrogens (tertiary/aromatic N) is 1. The smallest absolute Gasteiger partial charge is 0.257 e. The summed E-state index contributed by atoms with van der Waals surface area (Å²) in [6.07, 6.45) is 4.87. The Morgan fingerprint density at radius 1 is 1.07 bits per heavy atom. The molecule has 1 fully saturated rings. The van der Waals surface area contributed by atoms with Gasteiger partial charge < -0.3 is 24.8 Å². The van der Waals surface area contributed by atoms with Gasteiger partial charge in [0.2, 0.25) is 5.43 Å². The Labute approximate surface area is 236 Å². The average molecular weight is 569 g/mol. The van der Waals surface area contributed by atoms with E-state index in [4.69, 9.17) is 5.11 Å². The molecule has 2 heterocycles. The maximum Gasteiger partial charge on any atom is 0.257 e. The first kappa shape index (κ1) is 36.9. The third-order valence-electron chi connectivity index (χ3n) is 6.16. The standard InChI is InChI=1S/C21H20F2N2O4.C3H8O2.3C2H6/c22-13-6-5-11(16(23)7-13)8-24-21(29)15-10-25-9-12-3-1-2-4-14(12)18(26)17(25)20(28)19(15)27;1-5-3-2-4;3*1-2/h5-7,10,12,14,28H,1-4,8-9H2,(H,24,29);4H,2-3H2,1H3;3*1-2H3. The van der Waals surface area contributed by atoms with Crippen molar-refractivity contribution < 1.29 is 33.3 Å². The highest BCUT2D eigenvalue weighted by atomic mass is 19.1. The van der Waals surface area contributed by atoms with E-state index in [0.717, 1.165) is 31.7 Å². The van der Waals surface area contributed by atoms with Gasteiger partial charge in [0.15, 0.2) is 11.5 Å². The number of pyridine rings is 1. The largest absolute Gasteiger partial charge is 0.503 e. The number of amides is 1. The number of aromatic nitrogens is 1. The zero-order valence-corrected chi connectivity index (χ0v) is 24.9. The van der Waals surface area contributed by atoms with Crippen molar-refractivity contribution in [3.63, 3.8) is 0 Å². The van der Waals surface area contributed by atoms with Gasteiger partial charge in [-0.3, -0.25) is 14.4 Å². The molecular weight excluding hydrogens is 522 g/mol. The quantitative estimate of drug-likeness (QED) is 0.440. The van der Waals surface area contributed by atoms with Gasteiger partial charge in [-0.2, -0.15) is 0 Å². The first-order chi connectivity index (χ1) is 19.3. The highest BCUT2D eigenvalue weighted by molar-refractivity contribution is 6.01. The van der Waals surface area contributed by atoms with Gasteiger partial charge in [-0.1, -0.05) is 60.5 Å². The van der Waals surface area contributed by atoms with E-state index in [-0.39, 0.29) is 47.6 Å². The number of methoxy groups -OCH3 is 1. The third kappa shape index (κ3) is 9.82. The minimum Gasteiger partial charge on any atom is -0.503 e. The number of Topliss-reactive ketones (excluding diaryl/α,β-unsaturated/α-hetero) is 1. The monoisotopic (exact) mass is 568 g/mol. The summed E-state index contributed by atoms with van der Waals surface area (Å²) >= 11 is 0. The van der Waals surface area contributed by atoms with Crippen LogP contribution in [-0.2, 0) is 17.8 Å². The first-order valence-electron chi connectivity index (χ1n) is 14.1. The number of ether oxygens (including phenoxy) is 1. The molecule has 10 heteroatoms. The summed E-state index contributed by atoms with van der Waals surface area (Å²) in [7, 11) is 1.55. The van der Waals surface area contributed by atoms with E-state index < -0.39 is 28.7 Å². The Balaban J connectivity index is 0.00000121. The predicted octanol–water partition coefficient (Wildman–Crippen LogP) is 5.47. The van der Waals surface area contributed by atoms with Gasteiger partial charge in [0.1, 0.15) is 22.9 Å². The minimum atomic E-state index is -0.934.